The van der Waals surface area contributed by atoms with Crippen molar-refractivity contribution in [1.82, 2.24) is 0 Å². The minimum absolute atomic E-state index is 0. The number of carbonyl (C=O) groups is 2. The van der Waals surface area contributed by atoms with Crippen LogP contribution in [0.4, 0.5) is 15.3 Å². The zero-order chi connectivity index (χ0) is 19.8. The van der Waals surface area contributed by atoms with Gasteiger partial charge in [-0.2, -0.15) is 0 Å². The normalized spacial score (nSPS) is 9.56. The monoisotopic (exact) mass is 460 g/mol. The number of rotatable bonds is 11. The van der Waals surface area contributed by atoms with Crippen LogP contribution >= 0.6 is 0 Å². The van der Waals surface area contributed by atoms with Crippen molar-refractivity contribution in [2.24, 2.45) is 5.73 Å². The summed E-state index contributed by atoms with van der Waals surface area (Å²) in [4.78, 5) is 20.3. The number of hydrogen-bond acceptors (Lipinski definition) is 4. The van der Waals surface area contributed by atoms with Gasteiger partial charge in [0.05, 0.1) is 5.24 Å². The summed E-state index contributed by atoms with van der Waals surface area (Å²) in [5, 5.41) is 1.69. The minimum Gasteiger partial charge on any atom is -0.719 e. The largest absolute Gasteiger partial charge is 2.00 e. The molecular formula is C20H32N2O2S2Zn. The van der Waals surface area contributed by atoms with Crippen LogP contribution in [0.3, 0.4) is 0 Å². The Morgan fingerprint density at radius 3 is 1.93 bits per heavy atom. The van der Waals surface area contributed by atoms with E-state index in [0.717, 1.165) is 18.5 Å². The third-order valence-corrected chi connectivity index (χ3v) is 4.19. The molecular weight excluding hydrogens is 430 g/mol. The van der Waals surface area contributed by atoms with E-state index < -0.39 is 10.5 Å². The van der Waals surface area contributed by atoms with Crippen molar-refractivity contribution in [1.29, 1.82) is 0 Å². The van der Waals surface area contributed by atoms with Crippen LogP contribution in [-0.4, -0.2) is 10.5 Å². The van der Waals surface area contributed by atoms with Crippen molar-refractivity contribution in [3.63, 3.8) is 0 Å². The van der Waals surface area contributed by atoms with E-state index in [-0.39, 0.29) is 19.5 Å². The third kappa shape index (κ3) is 15.9. The molecule has 0 aromatic heterocycles. The molecule has 3 N–H and O–H groups in total. The summed E-state index contributed by atoms with van der Waals surface area (Å²) in [5.74, 6) is 0. The Labute approximate surface area is 188 Å². The van der Waals surface area contributed by atoms with Gasteiger partial charge in [-0.1, -0.05) is 64.5 Å². The van der Waals surface area contributed by atoms with Crippen molar-refractivity contribution < 1.29 is 29.1 Å². The van der Waals surface area contributed by atoms with E-state index in [2.05, 4.69) is 56.2 Å². The van der Waals surface area contributed by atoms with Crippen molar-refractivity contribution >= 4 is 41.4 Å². The maximum Gasteiger partial charge on any atom is 2.00 e. The molecule has 0 heterocycles. The Kier molecular flexibility index (Phi) is 19.6. The van der Waals surface area contributed by atoms with Gasteiger partial charge in [0.2, 0.25) is 0 Å². The quantitative estimate of drug-likeness (QED) is 0.255. The van der Waals surface area contributed by atoms with Crippen molar-refractivity contribution in [3.8, 4) is 0 Å². The number of nitrogens with one attached hydrogen (secondary N) is 1. The summed E-state index contributed by atoms with van der Waals surface area (Å²) >= 11 is 8.45. The number of aryl methyl sites for hydroxylation is 1. The Hall–Kier alpha value is -0.777. The van der Waals surface area contributed by atoms with Crippen LogP contribution < -0.4 is 11.1 Å². The molecule has 0 aliphatic rings. The van der Waals surface area contributed by atoms with Gasteiger partial charge in [-0.25, -0.2) is 0 Å². The molecule has 4 nitrogen and oxygen atoms in total. The Morgan fingerprint density at radius 2 is 1.44 bits per heavy atom. The van der Waals surface area contributed by atoms with Gasteiger partial charge in [0.1, 0.15) is 5.24 Å². The summed E-state index contributed by atoms with van der Waals surface area (Å²) < 4.78 is 0. The first kappa shape index (κ1) is 28.4. The first-order valence-electron chi connectivity index (χ1n) is 9.47. The first-order valence-corrected chi connectivity index (χ1v) is 10.3. The average Bonchev–Trinajstić information content (AvgIpc) is 2.56. The van der Waals surface area contributed by atoms with E-state index in [1.54, 1.807) is 0 Å². The van der Waals surface area contributed by atoms with Crippen molar-refractivity contribution in [2.75, 3.05) is 5.32 Å². The number of carbonyl (C=O) groups excluding carboxylic acids is 2. The van der Waals surface area contributed by atoms with Crippen LogP contribution in [-0.2, 0) is 57.6 Å². The van der Waals surface area contributed by atoms with Gasteiger partial charge < -0.3 is 45.9 Å². The fraction of sp³-hybridized carbons (Fsp3) is 0.600. The summed E-state index contributed by atoms with van der Waals surface area (Å²) in [6.45, 7) is 4.46. The van der Waals surface area contributed by atoms with Crippen LogP contribution in [0.2, 0.25) is 0 Å². The third-order valence-electron chi connectivity index (χ3n) is 4.09. The van der Waals surface area contributed by atoms with Crippen LogP contribution in [0, 0.1) is 0 Å². The molecule has 0 fully saturated rings. The topological polar surface area (TPSA) is 72.2 Å². The second-order valence-corrected chi connectivity index (χ2v) is 7.07. The molecule has 1 rings (SSSR count). The van der Waals surface area contributed by atoms with Crippen LogP contribution in [0.15, 0.2) is 18.2 Å². The van der Waals surface area contributed by atoms with Crippen LogP contribution in [0.1, 0.15) is 76.3 Å². The summed E-state index contributed by atoms with van der Waals surface area (Å²) in [5.41, 5.74) is 7.89. The molecule has 0 saturated heterocycles. The second kappa shape index (κ2) is 18.6. The van der Waals surface area contributed by atoms with Gasteiger partial charge in [0.25, 0.3) is 0 Å². The predicted molar refractivity (Wildman–Crippen MR) is 115 cm³/mol. The molecule has 0 bridgehead atoms. The van der Waals surface area contributed by atoms with E-state index in [0.29, 0.717) is 0 Å². The molecule has 0 atom stereocenters. The Morgan fingerprint density at radius 1 is 0.926 bits per heavy atom. The molecule has 2 amide bonds. The number of hydrogen-bond donors (Lipinski definition) is 2. The van der Waals surface area contributed by atoms with Gasteiger partial charge in [-0.05, 0) is 42.9 Å². The molecule has 0 saturated carbocycles. The zero-order valence-electron chi connectivity index (χ0n) is 16.7. The number of amides is 2. The van der Waals surface area contributed by atoms with Crippen molar-refractivity contribution in [3.05, 3.63) is 29.3 Å². The molecule has 0 aliphatic heterocycles. The molecule has 0 aliphatic carbocycles. The molecule has 0 radical (unpaired) electrons. The van der Waals surface area contributed by atoms with Gasteiger partial charge in [-0.3, -0.25) is 0 Å². The van der Waals surface area contributed by atoms with E-state index in [9.17, 15) is 4.79 Å². The number of benzene rings is 1. The van der Waals surface area contributed by atoms with Crippen LogP contribution in [0.5, 0.6) is 0 Å². The maximum absolute atomic E-state index is 11.3. The molecule has 1 aromatic rings. The molecule has 1 aromatic carbocycles. The van der Waals surface area contributed by atoms with Crippen LogP contribution in [0.25, 0.3) is 0 Å². The summed E-state index contributed by atoms with van der Waals surface area (Å²) in [6.07, 6.45) is 12.2. The average molecular weight is 462 g/mol. The molecule has 27 heavy (non-hydrogen) atoms. The van der Waals surface area contributed by atoms with Gasteiger partial charge in [-0.15, -0.1) is 0 Å². The first-order chi connectivity index (χ1) is 12.4. The Balaban J connectivity index is 0. The number of nitrogens with two attached hydrogens (primary N) is 1. The molecule has 0 spiro atoms. The van der Waals surface area contributed by atoms with E-state index in [1.165, 1.54) is 62.5 Å². The smallest absolute Gasteiger partial charge is 0.719 e. The van der Waals surface area contributed by atoms with E-state index in [4.69, 9.17) is 4.79 Å². The Bertz CT molecular complexity index is 539. The number of unbranched alkanes of at least 4 members (excludes halogenated alkanes) is 6. The molecule has 7 heteroatoms. The van der Waals surface area contributed by atoms with Gasteiger partial charge in [0, 0.05) is 5.69 Å². The predicted octanol–water partition coefficient (Wildman–Crippen LogP) is 5.62. The number of primary amides is 1. The summed E-state index contributed by atoms with van der Waals surface area (Å²) in [7, 11) is 0. The summed E-state index contributed by atoms with van der Waals surface area (Å²) in [6, 6.07) is 6.22. The van der Waals surface area contributed by atoms with E-state index in [1.807, 2.05) is 12.1 Å². The fourth-order valence-electron chi connectivity index (χ4n) is 2.86. The second-order valence-electron chi connectivity index (χ2n) is 6.30. The SMILES string of the molecule is CCCCCCc1cccc(NC(=O)[S-])c1CCCCCC.NC(=O)[S-].[Zn+2]. The van der Waals surface area contributed by atoms with Gasteiger partial charge >= 0.3 is 19.5 Å². The molecule has 0 unspecified atom stereocenters. The van der Waals surface area contributed by atoms with Crippen molar-refractivity contribution in [2.45, 2.75) is 78.1 Å². The van der Waals surface area contributed by atoms with E-state index >= 15 is 0 Å². The fourth-order valence-corrected chi connectivity index (χ4v) is 2.97. The minimum atomic E-state index is -0.750. The number of anilines is 1. The maximum atomic E-state index is 11.3. The molecule has 148 valence electrons. The standard InChI is InChI=1S/C19H31NOS.CH3NOS.Zn/c1-3-5-7-9-12-16-13-11-15-18(20-19(21)22)17(16)14-10-8-6-4-2;2-1(3)4;/h11,13,15H,3-10,12,14H2,1-2H3,(H2,20,21,22);(H3,2,3,4);/q;;+2/p-2. The van der Waals surface area contributed by atoms with Gasteiger partial charge in [0.15, 0.2) is 0 Å². The zero-order valence-corrected chi connectivity index (χ0v) is 21.3.